The van der Waals surface area contributed by atoms with Gasteiger partial charge < -0.3 is 10.3 Å². The maximum absolute atomic E-state index is 6.88. The van der Waals surface area contributed by atoms with Gasteiger partial charge in [-0.25, -0.2) is 0 Å². The lowest BCUT2D eigenvalue weighted by Crippen LogP contribution is -2.03. The second-order valence-corrected chi connectivity index (χ2v) is 2.65. The average molecular weight is 157 g/mol. The molecule has 0 radical (unpaired) electrons. The van der Waals surface area contributed by atoms with Crippen molar-refractivity contribution in [2.24, 2.45) is 5.73 Å². The number of thioether (sulfide) groups is 1. The third-order valence-electron chi connectivity index (χ3n) is 0.861. The van der Waals surface area contributed by atoms with Crippen molar-refractivity contribution in [1.29, 1.82) is 5.41 Å². The van der Waals surface area contributed by atoms with Crippen LogP contribution in [0.2, 0.25) is 0 Å². The maximum atomic E-state index is 6.88. The van der Waals surface area contributed by atoms with E-state index in [1.807, 2.05) is 0 Å². The van der Waals surface area contributed by atoms with Gasteiger partial charge in [0.15, 0.2) is 5.17 Å². The van der Waals surface area contributed by atoms with Gasteiger partial charge in [-0.05, 0) is 0 Å². The van der Waals surface area contributed by atoms with Crippen LogP contribution in [0.3, 0.4) is 0 Å². The Morgan fingerprint density at radius 2 is 2.70 bits per heavy atom. The number of aromatic nitrogens is 1. The molecule has 3 N–H and O–H groups in total. The lowest BCUT2D eigenvalue weighted by molar-refractivity contribution is 0.395. The van der Waals surface area contributed by atoms with Crippen LogP contribution in [0.25, 0.3) is 0 Å². The highest BCUT2D eigenvalue weighted by molar-refractivity contribution is 8.13. The number of hydrogen-bond acceptors (Lipinski definition) is 4. The number of nitrogens with two attached hydrogens (primary N) is 1. The largest absolute Gasteiger partial charge is 0.379 e. The summed E-state index contributed by atoms with van der Waals surface area (Å²) in [6.07, 6.45) is 1.57. The Bertz CT molecular complexity index is 209. The fraction of sp³-hybridized carbons (Fsp3) is 0.200. The Kier molecular flexibility index (Phi) is 2.33. The van der Waals surface area contributed by atoms with Gasteiger partial charge in [0.2, 0.25) is 0 Å². The molecule has 0 aliphatic carbocycles. The second-order valence-electron chi connectivity index (χ2n) is 1.63. The fourth-order valence-corrected chi connectivity index (χ4v) is 0.912. The summed E-state index contributed by atoms with van der Waals surface area (Å²) in [5, 5.41) is 10.5. The topological polar surface area (TPSA) is 75.9 Å². The number of nitrogens with zero attached hydrogens (tertiary/aromatic N) is 1. The molecule has 0 bridgehead atoms. The van der Waals surface area contributed by atoms with Crippen LogP contribution in [0, 0.1) is 5.41 Å². The highest BCUT2D eigenvalue weighted by Gasteiger charge is 1.97. The highest BCUT2D eigenvalue weighted by Crippen LogP contribution is 2.09. The van der Waals surface area contributed by atoms with Gasteiger partial charge in [-0.3, -0.25) is 5.41 Å². The molecule has 0 aromatic carbocycles. The summed E-state index contributed by atoms with van der Waals surface area (Å²) in [5.74, 6) is 1.32. The third-order valence-corrected chi connectivity index (χ3v) is 1.60. The van der Waals surface area contributed by atoms with E-state index in [1.54, 1.807) is 12.3 Å². The molecule has 5 heteroatoms. The first-order valence-corrected chi connectivity index (χ1v) is 3.64. The van der Waals surface area contributed by atoms with E-state index in [2.05, 4.69) is 5.16 Å². The zero-order valence-corrected chi connectivity index (χ0v) is 6.02. The van der Waals surface area contributed by atoms with Crippen LogP contribution < -0.4 is 5.73 Å². The molecule has 0 aliphatic heterocycles. The molecule has 1 aromatic heterocycles. The van der Waals surface area contributed by atoms with E-state index < -0.39 is 0 Å². The monoisotopic (exact) mass is 157 g/mol. The van der Waals surface area contributed by atoms with Gasteiger partial charge in [0.05, 0.1) is 11.9 Å². The van der Waals surface area contributed by atoms with Gasteiger partial charge in [0.1, 0.15) is 5.76 Å². The van der Waals surface area contributed by atoms with Crippen LogP contribution in [0.15, 0.2) is 16.8 Å². The zero-order chi connectivity index (χ0) is 7.40. The van der Waals surface area contributed by atoms with Gasteiger partial charge >= 0.3 is 0 Å². The molecule has 4 nitrogen and oxygen atoms in total. The van der Waals surface area contributed by atoms with Crippen LogP contribution in [0.1, 0.15) is 5.76 Å². The average Bonchev–Trinajstić information content (AvgIpc) is 2.34. The van der Waals surface area contributed by atoms with E-state index >= 15 is 0 Å². The van der Waals surface area contributed by atoms with Crippen LogP contribution >= 0.6 is 11.8 Å². The van der Waals surface area contributed by atoms with Crippen molar-refractivity contribution in [3.05, 3.63) is 18.0 Å². The highest BCUT2D eigenvalue weighted by atomic mass is 32.2. The lowest BCUT2D eigenvalue weighted by atomic mass is 10.5. The third kappa shape index (κ3) is 2.10. The van der Waals surface area contributed by atoms with Gasteiger partial charge in [-0.1, -0.05) is 16.9 Å². The van der Waals surface area contributed by atoms with Crippen molar-refractivity contribution in [2.75, 3.05) is 0 Å². The first kappa shape index (κ1) is 7.14. The van der Waals surface area contributed by atoms with Crippen molar-refractivity contribution in [1.82, 2.24) is 5.16 Å². The maximum Gasteiger partial charge on any atom is 0.151 e. The van der Waals surface area contributed by atoms with Crippen molar-refractivity contribution in [3.63, 3.8) is 0 Å². The van der Waals surface area contributed by atoms with E-state index in [0.717, 1.165) is 5.76 Å². The quantitative estimate of drug-likeness (QED) is 0.491. The minimum absolute atomic E-state index is 0.0939. The van der Waals surface area contributed by atoms with Crippen LogP contribution in [0.4, 0.5) is 0 Å². The Morgan fingerprint density at radius 1 is 1.90 bits per heavy atom. The molecule has 0 atom stereocenters. The summed E-state index contributed by atoms with van der Waals surface area (Å²) in [5.41, 5.74) is 5.09. The van der Waals surface area contributed by atoms with Crippen LogP contribution in [-0.4, -0.2) is 10.3 Å². The minimum Gasteiger partial charge on any atom is -0.379 e. The Morgan fingerprint density at radius 3 is 3.20 bits per heavy atom. The van der Waals surface area contributed by atoms with Gasteiger partial charge in [-0.15, -0.1) is 0 Å². The summed E-state index contributed by atoms with van der Waals surface area (Å²) in [6, 6.07) is 1.75. The molecular formula is C5H7N3OS. The SMILES string of the molecule is N=C(N)SCc1ccno1. The predicted molar refractivity (Wildman–Crippen MR) is 39.7 cm³/mol. The first-order chi connectivity index (χ1) is 4.79. The Balaban J connectivity index is 2.35. The summed E-state index contributed by atoms with van der Waals surface area (Å²) >= 11 is 1.22. The molecule has 1 heterocycles. The molecule has 0 unspecified atom stereocenters. The Labute approximate surface area is 62.3 Å². The molecule has 1 aromatic rings. The minimum atomic E-state index is 0.0939. The zero-order valence-electron chi connectivity index (χ0n) is 5.20. The van der Waals surface area contributed by atoms with Gasteiger partial charge in [0.25, 0.3) is 0 Å². The van der Waals surface area contributed by atoms with Gasteiger partial charge in [-0.2, -0.15) is 0 Å². The molecule has 0 saturated carbocycles. The molecule has 0 saturated heterocycles. The van der Waals surface area contributed by atoms with Crippen molar-refractivity contribution < 1.29 is 4.52 Å². The molecular weight excluding hydrogens is 150 g/mol. The van der Waals surface area contributed by atoms with Gasteiger partial charge in [0, 0.05) is 6.07 Å². The van der Waals surface area contributed by atoms with E-state index in [4.69, 9.17) is 15.7 Å². The van der Waals surface area contributed by atoms with E-state index in [-0.39, 0.29) is 5.17 Å². The predicted octanol–water partition coefficient (Wildman–Crippen LogP) is 0.801. The fourth-order valence-electron chi connectivity index (χ4n) is 0.465. The first-order valence-electron chi connectivity index (χ1n) is 2.65. The smallest absolute Gasteiger partial charge is 0.151 e. The van der Waals surface area contributed by atoms with E-state index in [9.17, 15) is 0 Å². The van der Waals surface area contributed by atoms with Crippen LogP contribution in [0.5, 0.6) is 0 Å². The number of hydrogen-bond donors (Lipinski definition) is 2. The molecule has 54 valence electrons. The summed E-state index contributed by atoms with van der Waals surface area (Å²) in [6.45, 7) is 0. The molecule has 0 amide bonds. The molecule has 1 rings (SSSR count). The lowest BCUT2D eigenvalue weighted by Gasteiger charge is -1.91. The molecule has 0 spiro atoms. The standard InChI is InChI=1S/C5H7N3OS/c6-5(7)10-3-4-1-2-8-9-4/h1-2H,3H2,(H3,6,7). The Hall–Kier alpha value is -0.970. The molecule has 0 aliphatic rings. The second kappa shape index (κ2) is 3.26. The summed E-state index contributed by atoms with van der Waals surface area (Å²) in [4.78, 5) is 0. The number of rotatable bonds is 2. The summed E-state index contributed by atoms with van der Waals surface area (Å²) in [7, 11) is 0. The van der Waals surface area contributed by atoms with Crippen molar-refractivity contribution >= 4 is 16.9 Å². The van der Waals surface area contributed by atoms with E-state index in [0.29, 0.717) is 5.75 Å². The van der Waals surface area contributed by atoms with Crippen molar-refractivity contribution in [2.45, 2.75) is 5.75 Å². The molecule has 10 heavy (non-hydrogen) atoms. The molecule has 0 fully saturated rings. The number of nitrogens with one attached hydrogen (secondary N) is 1. The number of amidine groups is 1. The summed E-state index contributed by atoms with van der Waals surface area (Å²) < 4.78 is 4.76. The van der Waals surface area contributed by atoms with Crippen LogP contribution in [-0.2, 0) is 5.75 Å². The van der Waals surface area contributed by atoms with E-state index in [1.165, 1.54) is 11.8 Å². The van der Waals surface area contributed by atoms with Crippen molar-refractivity contribution in [3.8, 4) is 0 Å². The normalized spacial score (nSPS) is 9.60.